The van der Waals surface area contributed by atoms with Crippen LogP contribution in [0.1, 0.15) is 203 Å². The summed E-state index contributed by atoms with van der Waals surface area (Å²) in [6, 6.07) is 121. The van der Waals surface area contributed by atoms with Crippen molar-refractivity contribution in [3.63, 3.8) is 0 Å². The molecule has 140 heavy (non-hydrogen) atoms. The van der Waals surface area contributed by atoms with Crippen LogP contribution in [0, 0.1) is 0 Å². The summed E-state index contributed by atoms with van der Waals surface area (Å²) in [6.07, 6.45) is 11.1. The number of nitrogens with zero attached hydrogens (tertiary/aromatic N) is 8. The van der Waals surface area contributed by atoms with Gasteiger partial charge >= 0.3 is 0 Å². The van der Waals surface area contributed by atoms with Crippen molar-refractivity contribution in [1.82, 2.24) is 19.6 Å². The van der Waals surface area contributed by atoms with Crippen LogP contribution in [-0.4, -0.2) is 66.9 Å². The Hall–Kier alpha value is -15.3. The maximum absolute atomic E-state index is 13.7. The number of carbonyl (C=O) groups excluding carboxylic acids is 8. The van der Waals surface area contributed by atoms with Gasteiger partial charge in [0.15, 0.2) is 0 Å². The Morgan fingerprint density at radius 3 is 0.536 bits per heavy atom. The molecule has 0 unspecified atom stereocenters. The molecule has 4 aliphatic carbocycles. The zero-order valence-corrected chi connectivity index (χ0v) is 79.2. The van der Waals surface area contributed by atoms with E-state index in [4.69, 9.17) is 0 Å². The molecule has 0 fully saturated rings. The van der Waals surface area contributed by atoms with E-state index in [1.165, 1.54) is 41.9 Å². The number of para-hydroxylation sites is 8. The highest BCUT2D eigenvalue weighted by atomic mass is 32.2. The van der Waals surface area contributed by atoms with Crippen molar-refractivity contribution in [2.45, 2.75) is 140 Å². The van der Waals surface area contributed by atoms with Crippen LogP contribution in [0.15, 0.2) is 403 Å². The van der Waals surface area contributed by atoms with E-state index in [1.807, 2.05) is 218 Å². The van der Waals surface area contributed by atoms with Crippen molar-refractivity contribution in [3.8, 4) is 0 Å². The van der Waals surface area contributed by atoms with Gasteiger partial charge in [-0.2, -0.15) is 0 Å². The number of amides is 8. The van der Waals surface area contributed by atoms with Gasteiger partial charge in [-0.1, -0.05) is 241 Å². The lowest BCUT2D eigenvalue weighted by molar-refractivity contribution is 0.0551. The second-order valence-electron chi connectivity index (χ2n) is 36.8. The van der Waals surface area contributed by atoms with Gasteiger partial charge in [0, 0.05) is 61.9 Å². The maximum Gasteiger partial charge on any atom is 0.262 e. The van der Waals surface area contributed by atoms with E-state index in [0.29, 0.717) is 44.5 Å². The first-order valence-corrected chi connectivity index (χ1v) is 51.1. The number of anilines is 12. The number of imide groups is 4. The maximum atomic E-state index is 13.7. The fraction of sp³-hybridized carbons (Fsp3) is 0.133. The van der Waals surface area contributed by atoms with Crippen LogP contribution in [0.25, 0.3) is 0 Å². The fourth-order valence-electron chi connectivity index (χ4n) is 22.6. The summed E-state index contributed by atoms with van der Waals surface area (Å²) >= 11 is 7.00. The molecule has 8 amide bonds. The Kier molecular flexibility index (Phi) is 21.9. The summed E-state index contributed by atoms with van der Waals surface area (Å²) in [6.45, 7) is 0. The van der Waals surface area contributed by atoms with E-state index in [2.05, 4.69) is 165 Å². The van der Waals surface area contributed by atoms with Crippen LogP contribution in [0.2, 0.25) is 0 Å². The monoisotopic (exact) mass is 1900 g/mol. The Labute approximate surface area is 827 Å². The van der Waals surface area contributed by atoms with Crippen LogP contribution in [0.3, 0.4) is 0 Å². The number of hydrogen-bond donors (Lipinski definition) is 0. The molecule has 0 bridgehead atoms. The fourth-order valence-corrected chi connectivity index (χ4v) is 26.8. The predicted molar refractivity (Wildman–Crippen MR) is 551 cm³/mol. The molecule has 0 radical (unpaired) electrons. The smallest absolute Gasteiger partial charge is 0.262 e. The SMILES string of the molecule is O=C1c2ccc(N3c4ccccc4Sc4ccccc43)cc2C(=O)N1[C@@H]1CCCc2ccccc21.O=C1c2ccc(N3c4ccccc4Sc4ccccc43)cc2C(=O)N1[C@@H]1CCCc2ccccc21.O=C1c2ccc(N3c4ccccc4Sc4ccccc43)cc2C(=O)N1[C@@H]1CCCc2ccccc21.O=C1c2ccc(N3c4ccccc4Sc4ccccc43)cc2C(=O)N1[C@@H]1CCCc2ccccc21. The van der Waals surface area contributed by atoms with Gasteiger partial charge in [-0.25, -0.2) is 0 Å². The summed E-state index contributed by atoms with van der Waals surface area (Å²) < 4.78 is 0. The largest absolute Gasteiger partial charge is 0.308 e. The number of rotatable bonds is 8. The highest BCUT2D eigenvalue weighted by Gasteiger charge is 2.48. The lowest BCUT2D eigenvalue weighted by Gasteiger charge is -2.33. The highest BCUT2D eigenvalue weighted by molar-refractivity contribution is 8.00. The second-order valence-corrected chi connectivity index (χ2v) is 41.1. The van der Waals surface area contributed by atoms with Crippen molar-refractivity contribution in [2.24, 2.45) is 0 Å². The third-order valence-corrected chi connectivity index (χ3v) is 33.5. The van der Waals surface area contributed by atoms with E-state index in [9.17, 15) is 38.4 Å². The van der Waals surface area contributed by atoms with Gasteiger partial charge in [0.2, 0.25) is 0 Å². The lowest BCUT2D eigenvalue weighted by atomic mass is 9.87. The minimum absolute atomic E-state index is 0.187. The van der Waals surface area contributed by atoms with E-state index in [-0.39, 0.29) is 71.4 Å². The van der Waals surface area contributed by atoms with Crippen LogP contribution in [0.4, 0.5) is 68.2 Å². The van der Waals surface area contributed by atoms with Crippen LogP contribution >= 0.6 is 47.0 Å². The zero-order chi connectivity index (χ0) is 94.1. The number of benzene rings is 16. The average Bonchev–Trinajstić information content (AvgIpc) is 1.55. The van der Waals surface area contributed by atoms with Crippen molar-refractivity contribution >= 4 is 163 Å². The van der Waals surface area contributed by atoms with Crippen LogP contribution < -0.4 is 19.6 Å². The molecule has 4 atom stereocenters. The molecule has 16 nitrogen and oxygen atoms in total. The molecular formula is C120H88N8O8S4. The normalized spacial score (nSPS) is 18.1. The Bertz CT molecular complexity index is 6850. The number of fused-ring (bicyclic) bond motifs is 16. The highest BCUT2D eigenvalue weighted by Crippen LogP contribution is 2.58. The van der Waals surface area contributed by atoms with Crippen LogP contribution in [0.5, 0.6) is 0 Å². The summed E-state index contributed by atoms with van der Waals surface area (Å²) in [5, 5.41) is 0. The molecule has 0 spiro atoms. The van der Waals surface area contributed by atoms with Crippen molar-refractivity contribution < 1.29 is 38.4 Å². The van der Waals surface area contributed by atoms with Crippen LogP contribution in [-0.2, 0) is 25.7 Å². The van der Waals surface area contributed by atoms with E-state index < -0.39 is 0 Å². The lowest BCUT2D eigenvalue weighted by Crippen LogP contribution is -2.35. The third kappa shape index (κ3) is 14.6. The van der Waals surface area contributed by atoms with Gasteiger partial charge in [0.1, 0.15) is 0 Å². The van der Waals surface area contributed by atoms with Gasteiger partial charge in [0.25, 0.3) is 47.3 Å². The summed E-state index contributed by atoms with van der Waals surface area (Å²) in [7, 11) is 0. The molecular weight excluding hydrogens is 1810 g/mol. The summed E-state index contributed by atoms with van der Waals surface area (Å²) in [5.41, 5.74) is 25.4. The van der Waals surface area contributed by atoms with Gasteiger partial charge < -0.3 is 19.6 Å². The Morgan fingerprint density at radius 1 is 0.179 bits per heavy atom. The van der Waals surface area contributed by atoms with E-state index in [1.54, 1.807) is 47.0 Å². The molecule has 0 saturated heterocycles. The molecule has 8 aliphatic heterocycles. The van der Waals surface area contributed by atoms with Crippen molar-refractivity contribution in [3.05, 3.63) is 453 Å². The molecule has 16 aromatic carbocycles. The molecule has 0 aromatic heterocycles. The molecule has 28 rings (SSSR count). The van der Waals surface area contributed by atoms with Gasteiger partial charge in [-0.3, -0.25) is 58.0 Å². The van der Waals surface area contributed by atoms with Crippen molar-refractivity contribution in [2.75, 3.05) is 19.6 Å². The second kappa shape index (κ2) is 35.6. The predicted octanol–water partition coefficient (Wildman–Crippen LogP) is 29.2. The Morgan fingerprint density at radius 2 is 0.343 bits per heavy atom. The standard InChI is InChI=1S/4C30H22N2O2S/c4*33-29-22-17-16-20(31-25-11-3-5-14-27(25)35-28-15-6-4-12-26(28)31)18-23(22)30(34)32(29)24-13-7-9-19-8-1-2-10-21(19)24/h4*1-6,8,10-12,14-18,24H,7,9,13H2/t4*24-/m1111/s1. The molecule has 12 aliphatic rings. The topological polar surface area (TPSA) is 162 Å². The van der Waals surface area contributed by atoms with Gasteiger partial charge in [-0.15, -0.1) is 0 Å². The van der Waals surface area contributed by atoms with Gasteiger partial charge in [0.05, 0.1) is 114 Å². The van der Waals surface area contributed by atoms with E-state index in [0.717, 1.165) is 207 Å². The first-order valence-electron chi connectivity index (χ1n) is 47.9. The summed E-state index contributed by atoms with van der Waals surface area (Å²) in [5.74, 6) is -1.52. The first kappa shape index (κ1) is 86.3. The molecule has 20 heteroatoms. The molecule has 680 valence electrons. The zero-order valence-electron chi connectivity index (χ0n) is 75.9. The van der Waals surface area contributed by atoms with E-state index >= 15 is 0 Å². The van der Waals surface area contributed by atoms with Crippen molar-refractivity contribution in [1.29, 1.82) is 0 Å². The minimum Gasteiger partial charge on any atom is -0.308 e. The minimum atomic E-state index is -0.205. The number of carbonyl (C=O) groups is 8. The number of hydrogen-bond acceptors (Lipinski definition) is 16. The molecule has 16 aromatic rings. The summed E-state index contributed by atoms with van der Waals surface area (Å²) in [4.78, 5) is 133. The molecule has 0 saturated carbocycles. The first-order chi connectivity index (χ1) is 68.8. The quantitative estimate of drug-likeness (QED) is 0.132. The number of aryl methyl sites for hydroxylation is 4. The average molecular weight is 1900 g/mol. The Balaban J connectivity index is 0.0000000985. The third-order valence-electron chi connectivity index (χ3n) is 29.0. The van der Waals surface area contributed by atoms with Gasteiger partial charge in [-0.05, 0) is 291 Å². The molecule has 0 N–H and O–H groups in total. The molecule has 8 heterocycles.